The van der Waals surface area contributed by atoms with Crippen LogP contribution in [0.4, 0.5) is 0 Å². The predicted molar refractivity (Wildman–Crippen MR) is 166 cm³/mol. The van der Waals surface area contributed by atoms with E-state index in [1.54, 1.807) is 0 Å². The van der Waals surface area contributed by atoms with Gasteiger partial charge in [-0.1, -0.05) is 0 Å². The molecule has 1 aliphatic rings. The molecule has 0 amide bonds. The molecule has 0 fully saturated rings. The zero-order chi connectivity index (χ0) is 24.9. The van der Waals surface area contributed by atoms with Gasteiger partial charge in [-0.3, -0.25) is 0 Å². The van der Waals surface area contributed by atoms with Crippen LogP contribution in [0.2, 0.25) is 0 Å². The summed E-state index contributed by atoms with van der Waals surface area (Å²) in [4.78, 5) is 2.75. The summed E-state index contributed by atoms with van der Waals surface area (Å²) in [7, 11) is 0. The average Bonchev–Trinajstić information content (AvgIpc) is 3.69. The van der Waals surface area contributed by atoms with E-state index in [0.29, 0.717) is 29.5 Å². The summed E-state index contributed by atoms with van der Waals surface area (Å²) in [6.45, 7) is 0. The van der Waals surface area contributed by atoms with Crippen LogP contribution < -0.4 is 0 Å². The van der Waals surface area contributed by atoms with Crippen molar-refractivity contribution in [1.82, 2.24) is 0 Å². The molecule has 0 nitrogen and oxygen atoms in total. The number of rotatable bonds is 6. The molecule has 4 heteroatoms. The summed E-state index contributed by atoms with van der Waals surface area (Å²) in [5.41, 5.74) is 5.15. The first-order valence-corrected chi connectivity index (χ1v) is 17.2. The van der Waals surface area contributed by atoms with E-state index in [-0.39, 0.29) is 0 Å². The van der Waals surface area contributed by atoms with Crippen molar-refractivity contribution in [3.8, 4) is 19.3 Å². The van der Waals surface area contributed by atoms with Gasteiger partial charge < -0.3 is 0 Å². The van der Waals surface area contributed by atoms with Gasteiger partial charge in [-0.15, -0.1) is 0 Å². The molecule has 5 aromatic rings. The molecule has 6 rings (SSSR count). The van der Waals surface area contributed by atoms with E-state index in [2.05, 4.69) is 138 Å². The van der Waals surface area contributed by atoms with Gasteiger partial charge in [-0.05, 0) is 0 Å². The summed E-state index contributed by atoms with van der Waals surface area (Å²) >= 11 is 4.24. The zero-order valence-corrected chi connectivity index (χ0v) is 25.0. The van der Waals surface area contributed by atoms with Crippen molar-refractivity contribution in [3.63, 3.8) is 0 Å². The van der Waals surface area contributed by atoms with Crippen LogP contribution in [0.1, 0.15) is 16.0 Å². The van der Waals surface area contributed by atoms with Crippen molar-refractivity contribution >= 4 is 67.2 Å². The molecular formula is C33H23S2Se2+. The maximum atomic E-state index is 2.37. The summed E-state index contributed by atoms with van der Waals surface area (Å²) in [5, 5.41) is 4.34. The topological polar surface area (TPSA) is 0 Å². The molecule has 0 saturated heterocycles. The van der Waals surface area contributed by atoms with Crippen molar-refractivity contribution in [2.45, 2.75) is 0 Å². The Labute approximate surface area is 238 Å². The van der Waals surface area contributed by atoms with E-state index >= 15 is 0 Å². The molecule has 37 heavy (non-hydrogen) atoms. The van der Waals surface area contributed by atoms with Gasteiger partial charge in [0.2, 0.25) is 0 Å². The van der Waals surface area contributed by atoms with E-state index in [9.17, 15) is 0 Å². The van der Waals surface area contributed by atoms with Gasteiger partial charge in [-0.2, -0.15) is 0 Å². The van der Waals surface area contributed by atoms with Crippen LogP contribution in [-0.2, 0) is 0 Å². The van der Waals surface area contributed by atoms with E-state index in [1.165, 1.54) is 49.8 Å². The van der Waals surface area contributed by atoms with Gasteiger partial charge in [0.05, 0.1) is 0 Å². The second-order valence-corrected chi connectivity index (χ2v) is 14.9. The van der Waals surface area contributed by atoms with E-state index < -0.39 is 0 Å². The molecule has 0 atom stereocenters. The van der Waals surface area contributed by atoms with Crippen molar-refractivity contribution in [2.75, 3.05) is 0 Å². The SMILES string of the molecule is C1=C(c2ccccc2)[Se]C(c2cccs2)=C/C1=C/C=C/c1cc(-c2ccccc2)[se+]c(-c2cccs2)c1. The van der Waals surface area contributed by atoms with Gasteiger partial charge in [0, 0.05) is 0 Å². The Morgan fingerprint density at radius 2 is 1.27 bits per heavy atom. The summed E-state index contributed by atoms with van der Waals surface area (Å²) < 4.78 is 5.75. The third-order valence-corrected chi connectivity index (χ3v) is 13.0. The third-order valence-electron chi connectivity index (χ3n) is 5.85. The fourth-order valence-electron chi connectivity index (χ4n) is 4.08. The van der Waals surface area contributed by atoms with Crippen molar-refractivity contribution in [1.29, 1.82) is 0 Å². The summed E-state index contributed by atoms with van der Waals surface area (Å²) in [6.07, 6.45) is 11.5. The Hall–Kier alpha value is -2.81. The number of hydrogen-bond acceptors (Lipinski definition) is 2. The predicted octanol–water partition coefficient (Wildman–Crippen LogP) is 9.22. The van der Waals surface area contributed by atoms with Crippen LogP contribution in [0.3, 0.4) is 0 Å². The Morgan fingerprint density at radius 1 is 0.622 bits per heavy atom. The number of thiophene rings is 2. The molecule has 2 aromatic carbocycles. The fraction of sp³-hybridized carbons (Fsp3) is 0. The second-order valence-electron chi connectivity index (χ2n) is 8.45. The first-order valence-electron chi connectivity index (χ1n) is 12.0. The van der Waals surface area contributed by atoms with Gasteiger partial charge in [-0.25, -0.2) is 0 Å². The van der Waals surface area contributed by atoms with Gasteiger partial charge >= 0.3 is 240 Å². The molecule has 0 radical (unpaired) electrons. The normalized spacial score (nSPS) is 14.6. The molecule has 0 saturated carbocycles. The van der Waals surface area contributed by atoms with Crippen molar-refractivity contribution in [3.05, 3.63) is 154 Å². The quantitative estimate of drug-likeness (QED) is 0.162. The fourth-order valence-corrected chi connectivity index (χ4v) is 10.8. The summed E-state index contributed by atoms with van der Waals surface area (Å²) in [5.74, 6) is 0. The minimum atomic E-state index is 0.291. The first-order chi connectivity index (χ1) is 18.3. The molecular weight excluding hydrogens is 618 g/mol. The minimum absolute atomic E-state index is 0.291. The Morgan fingerprint density at radius 3 is 1.97 bits per heavy atom. The molecule has 3 aromatic heterocycles. The van der Waals surface area contributed by atoms with Gasteiger partial charge in [0.25, 0.3) is 0 Å². The van der Waals surface area contributed by atoms with Crippen LogP contribution >= 0.6 is 22.7 Å². The molecule has 0 N–H and O–H groups in total. The van der Waals surface area contributed by atoms with Gasteiger partial charge in [0.15, 0.2) is 0 Å². The molecule has 0 spiro atoms. The molecule has 178 valence electrons. The van der Waals surface area contributed by atoms with Crippen molar-refractivity contribution < 1.29 is 0 Å². The number of hydrogen-bond donors (Lipinski definition) is 0. The maximum absolute atomic E-state index is 2.37. The monoisotopic (exact) mass is 643 g/mol. The summed E-state index contributed by atoms with van der Waals surface area (Å²) in [6, 6.07) is 35.1. The third kappa shape index (κ3) is 6.03. The molecule has 0 bridgehead atoms. The average molecular weight is 642 g/mol. The van der Waals surface area contributed by atoms with Crippen LogP contribution in [0.25, 0.3) is 34.3 Å². The molecule has 4 heterocycles. The first kappa shape index (κ1) is 24.5. The zero-order valence-electron chi connectivity index (χ0n) is 19.9. The number of benzene rings is 2. The van der Waals surface area contributed by atoms with Gasteiger partial charge in [0.1, 0.15) is 0 Å². The standard InChI is InChI=1S/C33H23S2Se2/c1-3-12-26(13-4-1)30-20-24(22-32(36-30)28-16-8-18-34-28)10-7-11-25-21-31(27-14-5-2-6-15-27)37-33(23-25)29-17-9-19-35-29/h1-23H/q+1. The molecule has 1 aliphatic heterocycles. The number of allylic oxidation sites excluding steroid dienone is 5. The van der Waals surface area contributed by atoms with E-state index in [0.717, 1.165) is 0 Å². The van der Waals surface area contributed by atoms with Crippen molar-refractivity contribution in [2.24, 2.45) is 0 Å². The van der Waals surface area contributed by atoms with Crippen LogP contribution in [0.15, 0.2) is 138 Å². The second kappa shape index (κ2) is 11.7. The van der Waals surface area contributed by atoms with Crippen LogP contribution in [-0.4, -0.2) is 29.5 Å². The Kier molecular flexibility index (Phi) is 7.76. The Balaban J connectivity index is 1.36. The Bertz CT molecular complexity index is 1610. The van der Waals surface area contributed by atoms with Crippen LogP contribution in [0.5, 0.6) is 0 Å². The molecule has 0 unspecified atom stereocenters. The van der Waals surface area contributed by atoms with E-state index in [1.807, 2.05) is 22.7 Å². The van der Waals surface area contributed by atoms with E-state index in [4.69, 9.17) is 0 Å². The molecule has 0 aliphatic carbocycles. The van der Waals surface area contributed by atoms with Crippen LogP contribution in [0, 0.1) is 0 Å².